The van der Waals surface area contributed by atoms with Gasteiger partial charge in [-0.2, -0.15) is 0 Å². The molecule has 1 aromatic carbocycles. The second kappa shape index (κ2) is 8.39. The molecule has 0 unspecified atom stereocenters. The number of carbonyl (C=O) groups is 1. The van der Waals surface area contributed by atoms with Crippen LogP contribution in [0.2, 0.25) is 0 Å². The Kier molecular flexibility index (Phi) is 5.49. The summed E-state index contributed by atoms with van der Waals surface area (Å²) in [5.41, 5.74) is 3.76. The van der Waals surface area contributed by atoms with Gasteiger partial charge in [-0.15, -0.1) is 0 Å². The van der Waals surface area contributed by atoms with E-state index < -0.39 is 11.7 Å². The minimum atomic E-state index is -0.593. The van der Waals surface area contributed by atoms with Crippen LogP contribution in [-0.2, 0) is 4.74 Å². The number of imidazole rings is 1. The SMILES string of the molecule is CC(C)(C)OC(=O)Nc1cc(-c2[nH]c(-c3ccccc3)nc2-c2ccncc2)ccn1. The molecule has 31 heavy (non-hydrogen) atoms. The quantitative estimate of drug-likeness (QED) is 0.458. The van der Waals surface area contributed by atoms with Crippen LogP contribution in [0.4, 0.5) is 10.6 Å². The van der Waals surface area contributed by atoms with E-state index in [0.29, 0.717) is 5.82 Å². The molecule has 0 aliphatic rings. The van der Waals surface area contributed by atoms with Gasteiger partial charge in [0.25, 0.3) is 0 Å². The number of aromatic amines is 1. The molecule has 7 nitrogen and oxygen atoms in total. The van der Waals surface area contributed by atoms with Crippen LogP contribution in [0, 0.1) is 0 Å². The van der Waals surface area contributed by atoms with E-state index in [1.807, 2.05) is 69.3 Å². The van der Waals surface area contributed by atoms with Crippen LogP contribution in [0.25, 0.3) is 33.9 Å². The van der Waals surface area contributed by atoms with E-state index in [2.05, 4.69) is 20.3 Å². The minimum absolute atomic E-state index is 0.392. The highest BCUT2D eigenvalue weighted by Crippen LogP contribution is 2.33. The first-order valence-electron chi connectivity index (χ1n) is 9.91. The molecular weight excluding hydrogens is 390 g/mol. The normalized spacial score (nSPS) is 11.2. The summed E-state index contributed by atoms with van der Waals surface area (Å²) in [6.45, 7) is 5.44. The van der Waals surface area contributed by atoms with Crippen LogP contribution in [0.1, 0.15) is 20.8 Å². The molecule has 1 amide bonds. The van der Waals surface area contributed by atoms with Crippen LogP contribution in [0.15, 0.2) is 73.2 Å². The van der Waals surface area contributed by atoms with E-state index in [-0.39, 0.29) is 0 Å². The number of hydrogen-bond donors (Lipinski definition) is 2. The zero-order valence-electron chi connectivity index (χ0n) is 17.6. The summed E-state index contributed by atoms with van der Waals surface area (Å²) in [4.78, 5) is 28.8. The van der Waals surface area contributed by atoms with E-state index in [9.17, 15) is 4.79 Å². The minimum Gasteiger partial charge on any atom is -0.444 e. The number of anilines is 1. The Hall–Kier alpha value is -4.00. The fourth-order valence-electron chi connectivity index (χ4n) is 3.10. The molecule has 0 saturated heterocycles. The first-order chi connectivity index (χ1) is 14.9. The van der Waals surface area contributed by atoms with Crippen LogP contribution in [0.5, 0.6) is 0 Å². The molecule has 0 bridgehead atoms. The molecular formula is C24H23N5O2. The first-order valence-corrected chi connectivity index (χ1v) is 9.91. The van der Waals surface area contributed by atoms with Crippen molar-refractivity contribution in [1.82, 2.24) is 19.9 Å². The van der Waals surface area contributed by atoms with Gasteiger partial charge in [0.2, 0.25) is 0 Å². The van der Waals surface area contributed by atoms with Crippen LogP contribution < -0.4 is 5.32 Å². The highest BCUT2D eigenvalue weighted by atomic mass is 16.6. The van der Waals surface area contributed by atoms with E-state index in [1.165, 1.54) is 0 Å². The van der Waals surface area contributed by atoms with Crippen LogP contribution in [-0.4, -0.2) is 31.6 Å². The molecule has 156 valence electrons. The van der Waals surface area contributed by atoms with E-state index >= 15 is 0 Å². The molecule has 0 aliphatic carbocycles. The zero-order valence-corrected chi connectivity index (χ0v) is 17.6. The van der Waals surface area contributed by atoms with Crippen molar-refractivity contribution in [3.63, 3.8) is 0 Å². The molecule has 2 N–H and O–H groups in total. The topological polar surface area (TPSA) is 92.8 Å². The van der Waals surface area contributed by atoms with Crippen molar-refractivity contribution in [2.24, 2.45) is 0 Å². The summed E-state index contributed by atoms with van der Waals surface area (Å²) in [7, 11) is 0. The highest BCUT2D eigenvalue weighted by Gasteiger charge is 2.18. The molecule has 0 radical (unpaired) electrons. The molecule has 0 saturated carbocycles. The van der Waals surface area contributed by atoms with Gasteiger partial charge in [0.15, 0.2) is 0 Å². The van der Waals surface area contributed by atoms with Crippen molar-refractivity contribution in [3.05, 3.63) is 73.2 Å². The fraction of sp³-hybridized carbons (Fsp3) is 0.167. The molecule has 3 heterocycles. The number of amides is 1. The molecule has 0 atom stereocenters. The van der Waals surface area contributed by atoms with Crippen molar-refractivity contribution in [3.8, 4) is 33.9 Å². The summed E-state index contributed by atoms with van der Waals surface area (Å²) in [5, 5.41) is 2.69. The van der Waals surface area contributed by atoms with Crippen molar-refractivity contribution in [2.75, 3.05) is 5.32 Å². The van der Waals surface area contributed by atoms with Gasteiger partial charge in [0.1, 0.15) is 17.2 Å². The fourth-order valence-corrected chi connectivity index (χ4v) is 3.10. The average molecular weight is 413 g/mol. The Morgan fingerprint density at radius 3 is 2.35 bits per heavy atom. The van der Waals surface area contributed by atoms with Gasteiger partial charge in [-0.1, -0.05) is 30.3 Å². The lowest BCUT2D eigenvalue weighted by Gasteiger charge is -2.19. The summed E-state index contributed by atoms with van der Waals surface area (Å²) in [5.74, 6) is 1.14. The summed E-state index contributed by atoms with van der Waals surface area (Å²) in [6.07, 6.45) is 4.55. The number of ether oxygens (including phenoxy) is 1. The number of aromatic nitrogens is 4. The van der Waals surface area contributed by atoms with E-state index in [4.69, 9.17) is 9.72 Å². The van der Waals surface area contributed by atoms with Crippen LogP contribution in [0.3, 0.4) is 0 Å². The maximum absolute atomic E-state index is 12.2. The number of nitrogens with one attached hydrogen (secondary N) is 2. The third-order valence-electron chi connectivity index (χ3n) is 4.38. The van der Waals surface area contributed by atoms with Crippen molar-refractivity contribution in [1.29, 1.82) is 0 Å². The third kappa shape index (κ3) is 4.95. The maximum atomic E-state index is 12.2. The van der Waals surface area contributed by atoms with Gasteiger partial charge in [0, 0.05) is 35.3 Å². The number of rotatable bonds is 4. The number of H-pyrrole nitrogens is 1. The largest absolute Gasteiger partial charge is 0.444 e. The predicted octanol–water partition coefficient (Wildman–Crippen LogP) is 5.55. The number of benzene rings is 1. The zero-order chi connectivity index (χ0) is 21.8. The van der Waals surface area contributed by atoms with Gasteiger partial charge in [-0.3, -0.25) is 10.3 Å². The molecule has 3 aromatic heterocycles. The van der Waals surface area contributed by atoms with Gasteiger partial charge < -0.3 is 9.72 Å². The molecule has 0 fully saturated rings. The molecule has 0 spiro atoms. The van der Waals surface area contributed by atoms with E-state index in [0.717, 1.165) is 33.9 Å². The smallest absolute Gasteiger partial charge is 0.413 e. The van der Waals surface area contributed by atoms with Crippen molar-refractivity contribution >= 4 is 11.9 Å². The predicted molar refractivity (Wildman–Crippen MR) is 120 cm³/mol. The van der Waals surface area contributed by atoms with Gasteiger partial charge >= 0.3 is 6.09 Å². The molecule has 4 aromatic rings. The molecule has 0 aliphatic heterocycles. The first kappa shape index (κ1) is 20.3. The summed E-state index contributed by atoms with van der Waals surface area (Å²) < 4.78 is 5.33. The standard InChI is InChI=1S/C24H23N5O2/c1-24(2,3)31-23(30)27-19-15-18(11-14-26-19)21-20(16-9-12-25-13-10-16)28-22(29-21)17-7-5-4-6-8-17/h4-15H,1-3H3,(H,28,29)(H,26,27,30). The van der Waals surface area contributed by atoms with Crippen molar-refractivity contribution < 1.29 is 9.53 Å². The Balaban J connectivity index is 1.73. The van der Waals surface area contributed by atoms with Gasteiger partial charge in [-0.05, 0) is 45.0 Å². The molecule has 7 heteroatoms. The van der Waals surface area contributed by atoms with E-state index in [1.54, 1.807) is 24.7 Å². The Bertz CT molecular complexity index is 1180. The lowest BCUT2D eigenvalue weighted by atomic mass is 10.1. The third-order valence-corrected chi connectivity index (χ3v) is 4.38. The molecule has 4 rings (SSSR count). The number of pyridine rings is 2. The summed E-state index contributed by atoms with van der Waals surface area (Å²) in [6, 6.07) is 17.4. The monoisotopic (exact) mass is 413 g/mol. The lowest BCUT2D eigenvalue weighted by Crippen LogP contribution is -2.27. The highest BCUT2D eigenvalue weighted by molar-refractivity contribution is 5.86. The number of nitrogens with zero attached hydrogens (tertiary/aromatic N) is 3. The van der Waals surface area contributed by atoms with Gasteiger partial charge in [-0.25, -0.2) is 14.8 Å². The second-order valence-corrected chi connectivity index (χ2v) is 7.97. The second-order valence-electron chi connectivity index (χ2n) is 7.97. The van der Waals surface area contributed by atoms with Crippen LogP contribution >= 0.6 is 0 Å². The van der Waals surface area contributed by atoms with Gasteiger partial charge in [0.05, 0.1) is 11.4 Å². The summed E-state index contributed by atoms with van der Waals surface area (Å²) >= 11 is 0. The average Bonchev–Trinajstić information content (AvgIpc) is 3.19. The maximum Gasteiger partial charge on any atom is 0.413 e. The van der Waals surface area contributed by atoms with Crippen molar-refractivity contribution in [2.45, 2.75) is 26.4 Å². The lowest BCUT2D eigenvalue weighted by molar-refractivity contribution is 0.0635. The number of hydrogen-bond acceptors (Lipinski definition) is 5. The Morgan fingerprint density at radius 2 is 1.65 bits per heavy atom. The number of carbonyl (C=O) groups excluding carboxylic acids is 1. The Labute approximate surface area is 180 Å². The Morgan fingerprint density at radius 1 is 0.935 bits per heavy atom.